The number of aliphatic hydroxyl groups is 1. The summed E-state index contributed by atoms with van der Waals surface area (Å²) in [5.74, 6) is 0.756. The second-order valence-electron chi connectivity index (χ2n) is 6.62. The van der Waals surface area contributed by atoms with Crippen molar-refractivity contribution in [2.24, 2.45) is 5.16 Å². The van der Waals surface area contributed by atoms with Crippen molar-refractivity contribution in [2.75, 3.05) is 26.2 Å². The molecule has 2 atom stereocenters. The quantitative estimate of drug-likeness (QED) is 0.657. The molecule has 0 aliphatic carbocycles. The van der Waals surface area contributed by atoms with Crippen molar-refractivity contribution in [3.05, 3.63) is 78.9 Å². The summed E-state index contributed by atoms with van der Waals surface area (Å²) >= 11 is 0. The SMILES string of the molecule is C=CCN(CC(O)COc1ccccc1)CC1CC(c2ccccc2)=NO1. The number of para-hydroxylation sites is 1. The highest BCUT2D eigenvalue weighted by atomic mass is 16.6. The Bertz CT molecular complexity index is 734. The standard InChI is InChI=1S/C22H26N2O3/c1-2-13-24(15-19(25)17-26-20-11-7-4-8-12-20)16-21-14-22(23-27-21)18-9-5-3-6-10-18/h2-12,19,21,25H,1,13-17H2. The van der Waals surface area contributed by atoms with Gasteiger partial charge in [-0.15, -0.1) is 6.58 Å². The lowest BCUT2D eigenvalue weighted by Crippen LogP contribution is -2.40. The van der Waals surface area contributed by atoms with E-state index in [-0.39, 0.29) is 12.7 Å². The van der Waals surface area contributed by atoms with E-state index in [1.165, 1.54) is 0 Å². The van der Waals surface area contributed by atoms with Crippen molar-refractivity contribution in [1.82, 2.24) is 4.90 Å². The van der Waals surface area contributed by atoms with Gasteiger partial charge in [-0.1, -0.05) is 59.8 Å². The Morgan fingerprint density at radius 3 is 2.59 bits per heavy atom. The average Bonchev–Trinajstić information content (AvgIpc) is 3.16. The summed E-state index contributed by atoms with van der Waals surface area (Å²) < 4.78 is 5.64. The molecule has 1 aliphatic heterocycles. The number of benzene rings is 2. The van der Waals surface area contributed by atoms with Gasteiger partial charge in [0.25, 0.3) is 0 Å². The lowest BCUT2D eigenvalue weighted by Gasteiger charge is -2.25. The zero-order chi connectivity index (χ0) is 18.9. The van der Waals surface area contributed by atoms with Gasteiger partial charge < -0.3 is 14.7 Å². The highest BCUT2D eigenvalue weighted by molar-refractivity contribution is 6.01. The topological polar surface area (TPSA) is 54.3 Å². The molecule has 0 saturated heterocycles. The molecule has 142 valence electrons. The summed E-state index contributed by atoms with van der Waals surface area (Å²) in [6.07, 6.45) is 1.97. The van der Waals surface area contributed by atoms with Crippen LogP contribution in [0.2, 0.25) is 0 Å². The minimum Gasteiger partial charge on any atom is -0.491 e. The Balaban J connectivity index is 1.47. The van der Waals surface area contributed by atoms with Gasteiger partial charge in [0.2, 0.25) is 0 Å². The molecule has 5 nitrogen and oxygen atoms in total. The molecule has 0 bridgehead atoms. The van der Waals surface area contributed by atoms with Crippen molar-refractivity contribution >= 4 is 5.71 Å². The smallest absolute Gasteiger partial charge is 0.145 e. The number of rotatable bonds is 10. The van der Waals surface area contributed by atoms with Gasteiger partial charge in [0.15, 0.2) is 0 Å². The van der Waals surface area contributed by atoms with E-state index in [1.54, 1.807) is 0 Å². The van der Waals surface area contributed by atoms with Crippen molar-refractivity contribution in [3.63, 3.8) is 0 Å². The minimum absolute atomic E-state index is 0.0256. The number of hydrogen-bond acceptors (Lipinski definition) is 5. The van der Waals surface area contributed by atoms with Gasteiger partial charge in [-0.25, -0.2) is 0 Å². The zero-order valence-electron chi connectivity index (χ0n) is 15.4. The van der Waals surface area contributed by atoms with Gasteiger partial charge >= 0.3 is 0 Å². The van der Waals surface area contributed by atoms with Gasteiger partial charge in [-0.2, -0.15) is 0 Å². The van der Waals surface area contributed by atoms with Gasteiger partial charge in [-0.3, -0.25) is 4.90 Å². The third-order valence-electron chi connectivity index (χ3n) is 4.34. The average molecular weight is 366 g/mol. The largest absolute Gasteiger partial charge is 0.491 e. The van der Waals surface area contributed by atoms with Crippen LogP contribution >= 0.6 is 0 Å². The van der Waals surface area contributed by atoms with Crippen LogP contribution in [-0.4, -0.2) is 54.2 Å². The van der Waals surface area contributed by atoms with Gasteiger partial charge in [0, 0.05) is 26.1 Å². The van der Waals surface area contributed by atoms with Crippen LogP contribution in [0.4, 0.5) is 0 Å². The molecule has 5 heteroatoms. The van der Waals surface area contributed by atoms with Crippen molar-refractivity contribution in [2.45, 2.75) is 18.6 Å². The molecule has 3 rings (SSSR count). The first-order valence-corrected chi connectivity index (χ1v) is 9.22. The van der Waals surface area contributed by atoms with E-state index in [2.05, 4.69) is 16.6 Å². The molecule has 2 aromatic carbocycles. The maximum atomic E-state index is 10.3. The summed E-state index contributed by atoms with van der Waals surface area (Å²) in [6.45, 7) is 5.89. The first-order chi connectivity index (χ1) is 13.2. The maximum absolute atomic E-state index is 10.3. The first kappa shape index (κ1) is 19.1. The fourth-order valence-corrected chi connectivity index (χ4v) is 3.08. The maximum Gasteiger partial charge on any atom is 0.145 e. The molecular formula is C22H26N2O3. The molecular weight excluding hydrogens is 340 g/mol. The summed E-state index contributed by atoms with van der Waals surface area (Å²) in [4.78, 5) is 7.72. The monoisotopic (exact) mass is 366 g/mol. The fourth-order valence-electron chi connectivity index (χ4n) is 3.08. The van der Waals surface area contributed by atoms with Crippen LogP contribution in [0, 0.1) is 0 Å². The van der Waals surface area contributed by atoms with E-state index in [4.69, 9.17) is 9.57 Å². The first-order valence-electron chi connectivity index (χ1n) is 9.22. The van der Waals surface area contributed by atoms with E-state index >= 15 is 0 Å². The van der Waals surface area contributed by atoms with Gasteiger partial charge in [0.1, 0.15) is 24.6 Å². The van der Waals surface area contributed by atoms with E-state index in [1.807, 2.05) is 66.7 Å². The van der Waals surface area contributed by atoms with Crippen LogP contribution in [0.1, 0.15) is 12.0 Å². The van der Waals surface area contributed by atoms with Crippen LogP contribution in [0.3, 0.4) is 0 Å². The molecule has 1 aliphatic rings. The lowest BCUT2D eigenvalue weighted by atomic mass is 10.0. The molecule has 0 fully saturated rings. The number of nitrogens with zero attached hydrogens (tertiary/aromatic N) is 2. The molecule has 0 radical (unpaired) electrons. The second-order valence-corrected chi connectivity index (χ2v) is 6.62. The molecule has 1 N–H and O–H groups in total. The number of ether oxygens (including phenoxy) is 1. The van der Waals surface area contributed by atoms with Crippen LogP contribution in [0.5, 0.6) is 5.75 Å². The van der Waals surface area contributed by atoms with E-state index in [0.29, 0.717) is 19.6 Å². The van der Waals surface area contributed by atoms with Crippen LogP contribution in [0.15, 0.2) is 78.5 Å². The molecule has 0 amide bonds. The highest BCUT2D eigenvalue weighted by Crippen LogP contribution is 2.18. The van der Waals surface area contributed by atoms with Crippen molar-refractivity contribution in [3.8, 4) is 5.75 Å². The summed E-state index contributed by atoms with van der Waals surface area (Å²) in [5.41, 5.74) is 2.05. The van der Waals surface area contributed by atoms with Crippen LogP contribution in [-0.2, 0) is 4.84 Å². The number of hydrogen-bond donors (Lipinski definition) is 1. The molecule has 0 spiro atoms. The molecule has 0 aromatic heterocycles. The van der Waals surface area contributed by atoms with Crippen molar-refractivity contribution < 1.29 is 14.7 Å². The Morgan fingerprint density at radius 2 is 1.89 bits per heavy atom. The van der Waals surface area contributed by atoms with Gasteiger partial charge in [-0.05, 0) is 17.7 Å². The zero-order valence-corrected chi connectivity index (χ0v) is 15.4. The Labute approximate surface area is 160 Å². The summed E-state index contributed by atoms with van der Waals surface area (Å²) in [7, 11) is 0. The fraction of sp³-hybridized carbons (Fsp3) is 0.318. The predicted molar refractivity (Wildman–Crippen MR) is 107 cm³/mol. The van der Waals surface area contributed by atoms with Crippen LogP contribution < -0.4 is 4.74 Å². The van der Waals surface area contributed by atoms with Crippen molar-refractivity contribution in [1.29, 1.82) is 0 Å². The number of aliphatic hydroxyl groups excluding tert-OH is 1. The molecule has 1 heterocycles. The Kier molecular flexibility index (Phi) is 7.02. The molecule has 27 heavy (non-hydrogen) atoms. The lowest BCUT2D eigenvalue weighted by molar-refractivity contribution is 0.0283. The molecule has 0 saturated carbocycles. The third kappa shape index (κ3) is 5.94. The van der Waals surface area contributed by atoms with E-state index in [9.17, 15) is 5.11 Å². The second kappa shape index (κ2) is 9.90. The van der Waals surface area contributed by atoms with E-state index in [0.717, 1.165) is 23.4 Å². The summed E-state index contributed by atoms with van der Waals surface area (Å²) in [5, 5.41) is 14.6. The Hall–Kier alpha value is -2.63. The molecule has 2 unspecified atom stereocenters. The normalized spacial score (nSPS) is 17.3. The highest BCUT2D eigenvalue weighted by Gasteiger charge is 2.25. The Morgan fingerprint density at radius 1 is 1.19 bits per heavy atom. The van der Waals surface area contributed by atoms with E-state index < -0.39 is 6.10 Å². The third-order valence-corrected chi connectivity index (χ3v) is 4.34. The number of oxime groups is 1. The van der Waals surface area contributed by atoms with Crippen LogP contribution in [0.25, 0.3) is 0 Å². The summed E-state index contributed by atoms with van der Waals surface area (Å²) in [6, 6.07) is 19.6. The molecule has 2 aromatic rings. The van der Waals surface area contributed by atoms with Gasteiger partial charge in [0.05, 0.1) is 5.71 Å². The minimum atomic E-state index is -0.596. The predicted octanol–water partition coefficient (Wildman–Crippen LogP) is 3.11.